The molecule has 13 heteroatoms. The van der Waals surface area contributed by atoms with Gasteiger partial charge in [-0.25, -0.2) is 0 Å². The Morgan fingerprint density at radius 3 is 2.22 bits per heavy atom. The van der Waals surface area contributed by atoms with Gasteiger partial charge < -0.3 is 9.47 Å². The summed E-state index contributed by atoms with van der Waals surface area (Å²) in [4.78, 5) is 20.6. The largest absolute Gasteiger partial charge is 0.493 e. The summed E-state index contributed by atoms with van der Waals surface area (Å²) in [7, 11) is 1.28. The van der Waals surface area contributed by atoms with Gasteiger partial charge in [0.05, 0.1) is 38.6 Å². The summed E-state index contributed by atoms with van der Waals surface area (Å²) < 4.78 is 50.0. The van der Waals surface area contributed by atoms with Crippen molar-refractivity contribution in [2.24, 2.45) is 0 Å². The van der Waals surface area contributed by atoms with Crippen molar-refractivity contribution in [3.63, 3.8) is 0 Å². The fourth-order valence-corrected chi connectivity index (χ4v) is 3.60. The molecule has 0 saturated carbocycles. The Bertz CT molecular complexity index is 1420. The summed E-state index contributed by atoms with van der Waals surface area (Å²) >= 11 is 3.26. The highest BCUT2D eigenvalue weighted by atomic mass is 79.9. The predicted molar refractivity (Wildman–Crippen MR) is 125 cm³/mol. The zero-order valence-electron chi connectivity index (χ0n) is 18.1. The Kier molecular flexibility index (Phi) is 7.59. The van der Waals surface area contributed by atoms with Gasteiger partial charge in [0, 0.05) is 18.2 Å². The van der Waals surface area contributed by atoms with E-state index in [9.17, 15) is 38.7 Å². The number of benzene rings is 3. The summed E-state index contributed by atoms with van der Waals surface area (Å²) in [6.07, 6.45) is -3.31. The van der Waals surface area contributed by atoms with Crippen molar-refractivity contribution in [3.8, 4) is 23.3 Å². The first-order valence-corrected chi connectivity index (χ1v) is 10.5. The Labute approximate surface area is 209 Å². The molecule has 0 spiro atoms. The maximum absolute atomic E-state index is 13.0. The summed E-state index contributed by atoms with van der Waals surface area (Å²) in [5, 5.41) is 31.8. The number of alkyl halides is 3. The molecule has 0 bridgehead atoms. The van der Waals surface area contributed by atoms with E-state index in [2.05, 4.69) is 15.9 Å². The van der Waals surface area contributed by atoms with Crippen molar-refractivity contribution >= 4 is 39.0 Å². The monoisotopic (exact) mass is 563 g/mol. The van der Waals surface area contributed by atoms with Crippen molar-refractivity contribution in [2.45, 2.75) is 6.18 Å². The van der Waals surface area contributed by atoms with E-state index in [-0.39, 0.29) is 27.2 Å². The second-order valence-electron chi connectivity index (χ2n) is 7.05. The third-order valence-corrected chi connectivity index (χ3v) is 5.36. The molecule has 3 aromatic carbocycles. The molecule has 9 nitrogen and oxygen atoms in total. The van der Waals surface area contributed by atoms with Crippen LogP contribution in [0.1, 0.15) is 16.7 Å². The van der Waals surface area contributed by atoms with Gasteiger partial charge in [-0.1, -0.05) is 0 Å². The molecule has 0 N–H and O–H groups in total. The molecule has 0 unspecified atom stereocenters. The number of nitro groups is 2. The molecular formula is C23H13BrF3N3O6. The zero-order chi connectivity index (χ0) is 26.6. The first-order chi connectivity index (χ1) is 16.9. The lowest BCUT2D eigenvalue weighted by molar-refractivity contribution is -0.385. The number of rotatable bonds is 7. The molecule has 3 rings (SSSR count). The minimum atomic E-state index is -4.78. The van der Waals surface area contributed by atoms with E-state index in [1.54, 1.807) is 0 Å². The molecule has 0 aliphatic rings. The lowest BCUT2D eigenvalue weighted by atomic mass is 10.0. The predicted octanol–water partition coefficient (Wildman–Crippen LogP) is 7.15. The van der Waals surface area contributed by atoms with Gasteiger partial charge >= 0.3 is 11.9 Å². The van der Waals surface area contributed by atoms with Gasteiger partial charge in [0.2, 0.25) is 5.75 Å². The molecule has 0 aromatic heterocycles. The minimum absolute atomic E-state index is 0.0497. The van der Waals surface area contributed by atoms with Gasteiger partial charge in [-0.2, -0.15) is 18.4 Å². The van der Waals surface area contributed by atoms with Crippen LogP contribution in [0.25, 0.3) is 11.6 Å². The van der Waals surface area contributed by atoms with E-state index < -0.39 is 33.0 Å². The number of hydrogen-bond acceptors (Lipinski definition) is 7. The van der Waals surface area contributed by atoms with Gasteiger partial charge in [0.25, 0.3) is 5.69 Å². The third-order valence-electron chi connectivity index (χ3n) is 4.77. The molecule has 184 valence electrons. The highest BCUT2D eigenvalue weighted by Crippen LogP contribution is 2.44. The number of allylic oxidation sites excluding steroid dienone is 1. The van der Waals surface area contributed by atoms with Crippen molar-refractivity contribution in [2.75, 3.05) is 7.11 Å². The second-order valence-corrected chi connectivity index (χ2v) is 7.90. The molecule has 0 atom stereocenters. The molecule has 0 amide bonds. The Hall–Kier alpha value is -4.44. The van der Waals surface area contributed by atoms with Crippen molar-refractivity contribution < 1.29 is 32.5 Å². The van der Waals surface area contributed by atoms with E-state index >= 15 is 0 Å². The third kappa shape index (κ3) is 5.78. The molecule has 3 aromatic rings. The molecule has 0 heterocycles. The molecule has 0 saturated heterocycles. The van der Waals surface area contributed by atoms with Crippen LogP contribution in [0.2, 0.25) is 0 Å². The molecule has 0 aliphatic heterocycles. The standard InChI is InChI=1S/C23H13BrF3N3O6/c1-35-21-10-13(8-15(12-28)14-2-5-17(6-3-14)29(31)32)9-18(24)22(21)36-20-7-4-16(23(25,26)27)11-19(20)30(33)34/h2-11H,1H3/b15-8+. The Balaban J connectivity index is 2.01. The van der Waals surface area contributed by atoms with Crippen molar-refractivity contribution in [3.05, 3.63) is 96.0 Å². The molecule has 0 fully saturated rings. The van der Waals surface area contributed by atoms with Gasteiger partial charge in [-0.15, -0.1) is 0 Å². The second kappa shape index (κ2) is 10.4. The smallest absolute Gasteiger partial charge is 0.416 e. The number of methoxy groups -OCH3 is 1. The number of hydrogen-bond donors (Lipinski definition) is 0. The van der Waals surface area contributed by atoms with Crippen LogP contribution in [0.3, 0.4) is 0 Å². The van der Waals surface area contributed by atoms with Crippen molar-refractivity contribution in [1.82, 2.24) is 0 Å². The topological polar surface area (TPSA) is 129 Å². The number of nitrogens with zero attached hydrogens (tertiary/aromatic N) is 3. The number of halogens is 4. The van der Waals surface area contributed by atoms with Gasteiger partial charge in [0.1, 0.15) is 0 Å². The summed E-state index contributed by atoms with van der Waals surface area (Å²) in [6, 6.07) is 12.1. The zero-order valence-corrected chi connectivity index (χ0v) is 19.7. The van der Waals surface area contributed by atoms with Crippen LogP contribution in [0, 0.1) is 31.6 Å². The van der Waals surface area contributed by atoms with E-state index in [1.165, 1.54) is 49.6 Å². The van der Waals surface area contributed by atoms with Crippen LogP contribution in [-0.2, 0) is 6.18 Å². The quantitative estimate of drug-likeness (QED) is 0.129. The molecule has 0 aliphatic carbocycles. The average molecular weight is 564 g/mol. The van der Waals surface area contributed by atoms with E-state index in [0.29, 0.717) is 23.3 Å². The van der Waals surface area contributed by atoms with E-state index in [1.807, 2.05) is 6.07 Å². The number of nitro benzene ring substituents is 2. The maximum Gasteiger partial charge on any atom is 0.416 e. The lowest BCUT2D eigenvalue weighted by Crippen LogP contribution is -2.06. The van der Waals surface area contributed by atoms with Crippen LogP contribution >= 0.6 is 15.9 Å². The average Bonchev–Trinajstić information content (AvgIpc) is 2.83. The number of ether oxygens (including phenoxy) is 2. The lowest BCUT2D eigenvalue weighted by Gasteiger charge is -2.14. The Morgan fingerprint density at radius 1 is 1.03 bits per heavy atom. The van der Waals surface area contributed by atoms with Gasteiger partial charge in [0.15, 0.2) is 11.5 Å². The van der Waals surface area contributed by atoms with Crippen LogP contribution in [0.4, 0.5) is 24.5 Å². The number of nitriles is 1. The highest BCUT2D eigenvalue weighted by molar-refractivity contribution is 9.10. The summed E-state index contributed by atoms with van der Waals surface area (Å²) in [6.45, 7) is 0. The van der Waals surface area contributed by atoms with Crippen LogP contribution in [0.15, 0.2) is 59.1 Å². The SMILES string of the molecule is COc1cc(/C=C(\C#N)c2ccc([N+](=O)[O-])cc2)cc(Br)c1Oc1ccc(C(F)(F)F)cc1[N+](=O)[O-]. The van der Waals surface area contributed by atoms with E-state index in [0.717, 1.165) is 6.07 Å². The Morgan fingerprint density at radius 2 is 1.69 bits per heavy atom. The van der Waals surface area contributed by atoms with Crippen LogP contribution in [0.5, 0.6) is 17.2 Å². The summed E-state index contributed by atoms with van der Waals surface area (Å²) in [5.41, 5.74) is -1.22. The fourth-order valence-electron chi connectivity index (χ4n) is 3.06. The van der Waals surface area contributed by atoms with E-state index in [4.69, 9.17) is 9.47 Å². The normalized spacial score (nSPS) is 11.5. The fraction of sp³-hybridized carbons (Fsp3) is 0.0870. The minimum Gasteiger partial charge on any atom is -0.493 e. The van der Waals surface area contributed by atoms with Crippen LogP contribution < -0.4 is 9.47 Å². The highest BCUT2D eigenvalue weighted by Gasteiger charge is 2.33. The number of non-ortho nitro benzene ring substituents is 1. The molecule has 36 heavy (non-hydrogen) atoms. The van der Waals surface area contributed by atoms with Gasteiger partial charge in [-0.05, 0) is 69.5 Å². The molecule has 0 radical (unpaired) electrons. The maximum atomic E-state index is 13.0. The molecular weight excluding hydrogens is 551 g/mol. The first kappa shape index (κ1) is 26.2. The van der Waals surface area contributed by atoms with Gasteiger partial charge in [-0.3, -0.25) is 20.2 Å². The first-order valence-electron chi connectivity index (χ1n) is 9.72. The summed E-state index contributed by atoms with van der Waals surface area (Å²) in [5.74, 6) is -0.434. The van der Waals surface area contributed by atoms with Crippen LogP contribution in [-0.4, -0.2) is 17.0 Å². The van der Waals surface area contributed by atoms with Crippen molar-refractivity contribution in [1.29, 1.82) is 5.26 Å².